The van der Waals surface area contributed by atoms with E-state index in [1.807, 2.05) is 6.07 Å². The Kier molecular flexibility index (Phi) is 14.1. The minimum Gasteiger partial charge on any atom is -0.289 e. The molecule has 5 aromatic carbocycles. The van der Waals surface area contributed by atoms with Gasteiger partial charge in [0, 0.05) is 26.0 Å². The van der Waals surface area contributed by atoms with Crippen molar-refractivity contribution in [1.29, 1.82) is 0 Å². The summed E-state index contributed by atoms with van der Waals surface area (Å²) in [6, 6.07) is 12.5. The second-order valence-corrected chi connectivity index (χ2v) is 15.6. The van der Waals surface area contributed by atoms with Gasteiger partial charge in [0.2, 0.25) is 0 Å². The van der Waals surface area contributed by atoms with Crippen molar-refractivity contribution in [3.05, 3.63) is 78.0 Å². The van der Waals surface area contributed by atoms with Gasteiger partial charge < -0.3 is 0 Å². The number of rotatable bonds is 22. The lowest BCUT2D eigenvalue weighted by molar-refractivity contribution is 0.556. The van der Waals surface area contributed by atoms with Crippen LogP contribution in [0.3, 0.4) is 0 Å². The molecule has 0 bridgehead atoms. The fourth-order valence-corrected chi connectivity index (χ4v) is 8.64. The lowest BCUT2D eigenvalue weighted by atomic mass is 9.89. The van der Waals surface area contributed by atoms with Gasteiger partial charge in [-0.2, -0.15) is 0 Å². The highest BCUT2D eigenvalue weighted by Crippen LogP contribution is 2.41. The lowest BCUT2D eigenvalue weighted by Crippen LogP contribution is -2.05. The van der Waals surface area contributed by atoms with Crippen LogP contribution in [-0.4, -0.2) is 0 Å². The molecular weight excluding hydrogens is 652 g/mol. The molecule has 2 nitrogen and oxygen atoms in total. The van der Waals surface area contributed by atoms with E-state index in [-0.39, 0.29) is 10.9 Å². The number of hydrogen-bond acceptors (Lipinski definition) is 2. The molecule has 0 aliphatic rings. The van der Waals surface area contributed by atoms with Crippen LogP contribution in [0.4, 0.5) is 0 Å². The molecule has 0 aliphatic carbocycles. The highest BCUT2D eigenvalue weighted by molar-refractivity contribution is 9.10. The Labute approximate surface area is 297 Å². The van der Waals surface area contributed by atoms with Gasteiger partial charge in [-0.15, -0.1) is 0 Å². The molecule has 0 saturated heterocycles. The summed E-state index contributed by atoms with van der Waals surface area (Å²) < 4.78 is 0.930. The van der Waals surface area contributed by atoms with Crippen molar-refractivity contribution in [3.8, 4) is 0 Å². The Hall–Kier alpha value is -2.52. The maximum atomic E-state index is 14.4. The molecule has 0 aliphatic heterocycles. The minimum atomic E-state index is 0.142. The van der Waals surface area contributed by atoms with Crippen LogP contribution in [0.25, 0.3) is 43.1 Å². The van der Waals surface area contributed by atoms with E-state index in [9.17, 15) is 9.59 Å². The first-order chi connectivity index (χ1) is 23.5. The maximum absolute atomic E-state index is 14.4. The van der Waals surface area contributed by atoms with Crippen LogP contribution >= 0.6 is 15.9 Å². The van der Waals surface area contributed by atoms with Crippen LogP contribution < -0.4 is 10.9 Å². The maximum Gasteiger partial charge on any atom is 0.194 e. The summed E-state index contributed by atoms with van der Waals surface area (Å²) in [7, 11) is 0. The molecule has 258 valence electrons. The molecule has 0 fully saturated rings. The third-order valence-corrected chi connectivity index (χ3v) is 11.4. The van der Waals surface area contributed by atoms with Gasteiger partial charge in [0.1, 0.15) is 0 Å². The standard InChI is InChI=1S/C45H59BrO2/c1-4-6-8-10-12-14-16-18-20-22-24-36-40-34-28-26-32(3)30-38(34)44(47)42(40)37(25-23-21-19-17-15-13-11-9-7-5-2)41-35-29-27-33(46)31-39(35)45(48)43(36)41/h26-31H,4-25H2,1-3H3. The van der Waals surface area contributed by atoms with E-state index in [4.69, 9.17) is 0 Å². The largest absolute Gasteiger partial charge is 0.289 e. The summed E-state index contributed by atoms with van der Waals surface area (Å²) in [5.41, 5.74) is 3.67. The SMILES string of the molecule is CCCCCCCCCCCCc1c2c(=O)c3cc(Br)ccc3c2c(CCCCCCCCCCCC)c2c(=O)c3cc(C)ccc3c12. The molecule has 3 heteroatoms. The van der Waals surface area contributed by atoms with Crippen LogP contribution in [-0.2, 0) is 12.8 Å². The zero-order chi connectivity index (χ0) is 33.9. The lowest BCUT2D eigenvalue weighted by Gasteiger charge is -2.13. The van der Waals surface area contributed by atoms with Crippen LogP contribution in [0.15, 0.2) is 50.5 Å². The van der Waals surface area contributed by atoms with Gasteiger partial charge in [0.15, 0.2) is 10.9 Å². The predicted octanol–water partition coefficient (Wildman–Crippen LogP) is 13.9. The number of halogens is 1. The van der Waals surface area contributed by atoms with E-state index in [0.717, 1.165) is 89.9 Å². The van der Waals surface area contributed by atoms with Gasteiger partial charge in [-0.25, -0.2) is 0 Å². The van der Waals surface area contributed by atoms with Crippen molar-refractivity contribution in [2.24, 2.45) is 0 Å². The molecule has 0 amide bonds. The normalized spacial score (nSPS) is 12.1. The van der Waals surface area contributed by atoms with Crippen LogP contribution in [0.2, 0.25) is 0 Å². The smallest absolute Gasteiger partial charge is 0.194 e. The van der Waals surface area contributed by atoms with Crippen molar-refractivity contribution >= 4 is 59.0 Å². The Morgan fingerprint density at radius 2 is 0.812 bits per heavy atom. The second-order valence-electron chi connectivity index (χ2n) is 14.7. The average Bonchev–Trinajstić information content (AvgIpc) is 3.53. The molecule has 0 heterocycles. The molecule has 0 aromatic heterocycles. The van der Waals surface area contributed by atoms with Gasteiger partial charge in [-0.3, -0.25) is 9.59 Å². The Balaban J connectivity index is 1.46. The second kappa shape index (κ2) is 18.5. The summed E-state index contributed by atoms with van der Waals surface area (Å²) in [5, 5.41) is 7.60. The molecule has 0 spiro atoms. The molecule has 0 N–H and O–H groups in total. The van der Waals surface area contributed by atoms with Crippen molar-refractivity contribution < 1.29 is 0 Å². The first-order valence-corrected chi connectivity index (χ1v) is 20.5. The van der Waals surface area contributed by atoms with E-state index in [1.165, 1.54) is 116 Å². The van der Waals surface area contributed by atoms with Crippen LogP contribution in [0.5, 0.6) is 0 Å². The first-order valence-electron chi connectivity index (χ1n) is 19.7. The van der Waals surface area contributed by atoms with Gasteiger partial charge in [-0.1, -0.05) is 169 Å². The van der Waals surface area contributed by atoms with E-state index in [0.29, 0.717) is 0 Å². The topological polar surface area (TPSA) is 34.1 Å². The minimum absolute atomic E-state index is 0.142. The van der Waals surface area contributed by atoms with Gasteiger partial charge in [-0.05, 0) is 83.5 Å². The number of benzene rings is 3. The number of hydrogen-bond donors (Lipinski definition) is 0. The van der Waals surface area contributed by atoms with Crippen LogP contribution in [0, 0.1) is 6.92 Å². The van der Waals surface area contributed by atoms with E-state index in [1.54, 1.807) is 0 Å². The van der Waals surface area contributed by atoms with E-state index >= 15 is 0 Å². The quantitative estimate of drug-likeness (QED) is 0.0670. The van der Waals surface area contributed by atoms with Crippen molar-refractivity contribution in [1.82, 2.24) is 0 Å². The summed E-state index contributed by atoms with van der Waals surface area (Å²) in [6.07, 6.45) is 27.3. The van der Waals surface area contributed by atoms with Crippen LogP contribution in [0.1, 0.15) is 159 Å². The van der Waals surface area contributed by atoms with Gasteiger partial charge in [0.25, 0.3) is 0 Å². The van der Waals surface area contributed by atoms with Crippen molar-refractivity contribution in [2.45, 2.75) is 162 Å². The predicted molar refractivity (Wildman–Crippen MR) is 215 cm³/mol. The number of unbranched alkanes of at least 4 members (excludes halogenated alkanes) is 18. The zero-order valence-electron chi connectivity index (χ0n) is 30.2. The monoisotopic (exact) mass is 710 g/mol. The highest BCUT2D eigenvalue weighted by Gasteiger charge is 2.25. The van der Waals surface area contributed by atoms with Gasteiger partial charge >= 0.3 is 0 Å². The van der Waals surface area contributed by atoms with E-state index in [2.05, 4.69) is 67.0 Å². The fraction of sp³-hybridized carbons (Fsp3) is 0.556. The molecule has 0 atom stereocenters. The summed E-state index contributed by atoms with van der Waals surface area (Å²) in [6.45, 7) is 6.62. The number of fused-ring (bicyclic) bond motifs is 6. The summed E-state index contributed by atoms with van der Waals surface area (Å²) >= 11 is 3.64. The Morgan fingerprint density at radius 1 is 0.438 bits per heavy atom. The van der Waals surface area contributed by atoms with Crippen molar-refractivity contribution in [3.63, 3.8) is 0 Å². The Morgan fingerprint density at radius 3 is 1.25 bits per heavy atom. The van der Waals surface area contributed by atoms with Gasteiger partial charge in [0.05, 0.1) is 0 Å². The summed E-state index contributed by atoms with van der Waals surface area (Å²) in [5.74, 6) is 0. The molecule has 0 saturated carbocycles. The highest BCUT2D eigenvalue weighted by atomic mass is 79.9. The van der Waals surface area contributed by atoms with E-state index < -0.39 is 0 Å². The molecule has 0 radical (unpaired) electrons. The zero-order valence-corrected chi connectivity index (χ0v) is 31.8. The molecule has 0 unspecified atom stereocenters. The van der Waals surface area contributed by atoms with Crippen molar-refractivity contribution in [2.75, 3.05) is 0 Å². The average molecular weight is 712 g/mol. The fourth-order valence-electron chi connectivity index (χ4n) is 8.28. The first kappa shape index (κ1) is 36.8. The molecule has 5 rings (SSSR count). The summed E-state index contributed by atoms with van der Waals surface area (Å²) in [4.78, 5) is 28.8. The molecule has 5 aromatic rings. The third kappa shape index (κ3) is 8.61. The number of aryl methyl sites for hydroxylation is 3. The Bertz CT molecular complexity index is 1730. The molecule has 48 heavy (non-hydrogen) atoms. The molecular formula is C45H59BrO2. The third-order valence-electron chi connectivity index (χ3n) is 10.9.